The number of rotatable bonds is 4. The van der Waals surface area contributed by atoms with Gasteiger partial charge in [-0.05, 0) is 100 Å². The zero-order valence-electron chi connectivity index (χ0n) is 31.6. The molecule has 0 spiro atoms. The lowest BCUT2D eigenvalue weighted by molar-refractivity contribution is 0.669. The first-order chi connectivity index (χ1) is 29.2. The van der Waals surface area contributed by atoms with E-state index in [1.807, 2.05) is 36.4 Å². The van der Waals surface area contributed by atoms with E-state index in [-0.39, 0.29) is 0 Å². The number of nitrogens with zero attached hydrogens (tertiary/aromatic N) is 3. The quantitative estimate of drug-likeness (QED) is 0.168. The van der Waals surface area contributed by atoms with Gasteiger partial charge in [-0.15, -0.1) is 0 Å². The monoisotopic (exact) mass is 749 g/mol. The van der Waals surface area contributed by atoms with Crippen LogP contribution in [-0.4, -0.2) is 15.0 Å². The molecule has 2 aromatic heterocycles. The zero-order valence-corrected chi connectivity index (χ0v) is 31.6. The fourth-order valence-corrected chi connectivity index (χ4v) is 9.67. The summed E-state index contributed by atoms with van der Waals surface area (Å²) < 4.78 is 6.34. The fraction of sp³-hybridized carbons (Fsp3) is 0. The van der Waals surface area contributed by atoms with Crippen molar-refractivity contribution in [3.05, 3.63) is 188 Å². The van der Waals surface area contributed by atoms with Crippen LogP contribution in [0.3, 0.4) is 0 Å². The average Bonchev–Trinajstić information content (AvgIpc) is 3.69. The van der Waals surface area contributed by atoms with Crippen LogP contribution in [0, 0.1) is 0 Å². The molecular formula is C55H31N3O. The van der Waals surface area contributed by atoms with Crippen LogP contribution in [0.1, 0.15) is 0 Å². The van der Waals surface area contributed by atoms with Gasteiger partial charge in [0.15, 0.2) is 17.5 Å². The highest BCUT2D eigenvalue weighted by Gasteiger charge is 2.21. The van der Waals surface area contributed by atoms with Crippen LogP contribution < -0.4 is 0 Å². The number of fused-ring (bicyclic) bond motifs is 5. The van der Waals surface area contributed by atoms with Crippen LogP contribution >= 0.6 is 0 Å². The molecule has 0 radical (unpaired) electrons. The second kappa shape index (κ2) is 12.3. The number of hydrogen-bond acceptors (Lipinski definition) is 4. The maximum absolute atomic E-state index is 6.34. The molecule has 2 heterocycles. The Bertz CT molecular complexity index is 3840. The smallest absolute Gasteiger partial charge is 0.164 e. The van der Waals surface area contributed by atoms with E-state index in [9.17, 15) is 0 Å². The maximum atomic E-state index is 6.34. The standard InChI is InChI=1S/C55H31N3O/c1-2-12-35(13-3-1)53-56-54(58-55(57-53)43-18-5-4-17-38(43)39-23-11-25-47-52(39)44-19-6-7-24-46(44)59-47)37-30-36-29-28-34-15-9-21-41-40-20-8-14-32-26-27-33-16-10-22-42(50(33)48(32)40)45(31-37)51(36)49(34)41/h1-31H. The molecule has 0 unspecified atom stereocenters. The van der Waals surface area contributed by atoms with Crippen LogP contribution in [0.2, 0.25) is 0 Å². The van der Waals surface area contributed by atoms with E-state index in [2.05, 4.69) is 152 Å². The summed E-state index contributed by atoms with van der Waals surface area (Å²) in [6.07, 6.45) is 0. The normalized spacial score (nSPS) is 12.1. The first-order valence-corrected chi connectivity index (χ1v) is 20.0. The van der Waals surface area contributed by atoms with E-state index in [1.165, 1.54) is 59.2 Å². The minimum Gasteiger partial charge on any atom is -0.456 e. The van der Waals surface area contributed by atoms with Gasteiger partial charge in [0, 0.05) is 27.5 Å². The average molecular weight is 750 g/mol. The van der Waals surface area contributed by atoms with Gasteiger partial charge in [0.25, 0.3) is 0 Å². The lowest BCUT2D eigenvalue weighted by Crippen LogP contribution is -2.01. The molecule has 0 aliphatic carbocycles. The highest BCUT2D eigenvalue weighted by molar-refractivity contribution is 6.37. The molecule has 59 heavy (non-hydrogen) atoms. The third-order valence-electron chi connectivity index (χ3n) is 12.2. The summed E-state index contributed by atoms with van der Waals surface area (Å²) in [7, 11) is 0. The summed E-state index contributed by atoms with van der Waals surface area (Å²) >= 11 is 0. The molecule has 0 bridgehead atoms. The van der Waals surface area contributed by atoms with Crippen molar-refractivity contribution in [3.63, 3.8) is 0 Å². The number of furan rings is 1. The SMILES string of the molecule is c1ccc(-c2nc(-c3cc4ccc5cccc6c7cccc8ccc9cccc(c(c3)c4c56)c9c87)nc(-c3ccccc3-c3cccc4oc5ccccc5c34)n2)cc1. The van der Waals surface area contributed by atoms with Gasteiger partial charge < -0.3 is 4.42 Å². The molecule has 0 saturated carbocycles. The van der Waals surface area contributed by atoms with E-state index >= 15 is 0 Å². The Hall–Kier alpha value is -7.95. The predicted molar refractivity (Wildman–Crippen MR) is 245 cm³/mol. The Morgan fingerprint density at radius 2 is 0.763 bits per heavy atom. The maximum Gasteiger partial charge on any atom is 0.164 e. The van der Waals surface area contributed by atoms with Gasteiger partial charge in [-0.3, -0.25) is 0 Å². The second-order valence-electron chi connectivity index (χ2n) is 15.5. The van der Waals surface area contributed by atoms with Gasteiger partial charge in [-0.1, -0.05) is 164 Å². The van der Waals surface area contributed by atoms with E-state index in [0.717, 1.165) is 55.1 Å². The lowest BCUT2D eigenvalue weighted by atomic mass is 9.87. The Balaban J connectivity index is 1.13. The first-order valence-electron chi connectivity index (χ1n) is 20.0. The van der Waals surface area contributed by atoms with Crippen molar-refractivity contribution in [2.75, 3.05) is 0 Å². The van der Waals surface area contributed by atoms with Crippen LogP contribution in [0.25, 0.3) is 132 Å². The molecule has 272 valence electrons. The number of benzene rings is 10. The molecular weight excluding hydrogens is 719 g/mol. The van der Waals surface area contributed by atoms with Crippen molar-refractivity contribution in [2.45, 2.75) is 0 Å². The molecule has 0 aliphatic heterocycles. The van der Waals surface area contributed by atoms with Crippen molar-refractivity contribution in [1.82, 2.24) is 15.0 Å². The highest BCUT2D eigenvalue weighted by Crippen LogP contribution is 2.45. The summed E-state index contributed by atoms with van der Waals surface area (Å²) in [6.45, 7) is 0. The predicted octanol–water partition coefficient (Wildman–Crippen LogP) is 14.8. The van der Waals surface area contributed by atoms with E-state index < -0.39 is 0 Å². The molecule has 0 N–H and O–H groups in total. The number of para-hydroxylation sites is 1. The first kappa shape index (κ1) is 32.2. The zero-order chi connectivity index (χ0) is 38.6. The fourth-order valence-electron chi connectivity index (χ4n) is 9.67. The van der Waals surface area contributed by atoms with Gasteiger partial charge in [0.2, 0.25) is 0 Å². The van der Waals surface area contributed by atoms with Crippen molar-refractivity contribution < 1.29 is 4.42 Å². The summed E-state index contributed by atoms with van der Waals surface area (Å²) in [5, 5.41) is 16.9. The number of hydrogen-bond donors (Lipinski definition) is 0. The third kappa shape index (κ3) is 4.75. The number of aromatic nitrogens is 3. The molecule has 11 aromatic carbocycles. The summed E-state index contributed by atoms with van der Waals surface area (Å²) in [6, 6.07) is 66.9. The van der Waals surface area contributed by atoms with Gasteiger partial charge in [0.1, 0.15) is 11.2 Å². The van der Waals surface area contributed by atoms with Crippen molar-refractivity contribution in [1.29, 1.82) is 0 Å². The molecule has 0 aliphatic rings. The Labute approximate surface area is 338 Å². The molecule has 4 nitrogen and oxygen atoms in total. The van der Waals surface area contributed by atoms with Gasteiger partial charge >= 0.3 is 0 Å². The van der Waals surface area contributed by atoms with E-state index in [4.69, 9.17) is 19.4 Å². The van der Waals surface area contributed by atoms with Gasteiger partial charge in [0.05, 0.1) is 0 Å². The van der Waals surface area contributed by atoms with Crippen molar-refractivity contribution >= 4 is 86.6 Å². The molecule has 13 aromatic rings. The minimum absolute atomic E-state index is 0.610. The van der Waals surface area contributed by atoms with Gasteiger partial charge in [-0.2, -0.15) is 0 Å². The van der Waals surface area contributed by atoms with Crippen molar-refractivity contribution in [3.8, 4) is 45.3 Å². The minimum atomic E-state index is 0.610. The van der Waals surface area contributed by atoms with Gasteiger partial charge in [-0.25, -0.2) is 15.0 Å². The van der Waals surface area contributed by atoms with Crippen LogP contribution in [0.15, 0.2) is 192 Å². The topological polar surface area (TPSA) is 51.8 Å². The van der Waals surface area contributed by atoms with Crippen molar-refractivity contribution in [2.24, 2.45) is 0 Å². The Morgan fingerprint density at radius 1 is 0.271 bits per heavy atom. The molecule has 0 amide bonds. The second-order valence-corrected chi connectivity index (χ2v) is 15.5. The van der Waals surface area contributed by atoms with Crippen LogP contribution in [-0.2, 0) is 0 Å². The molecule has 0 saturated heterocycles. The molecule has 0 fully saturated rings. The van der Waals surface area contributed by atoms with E-state index in [0.29, 0.717) is 17.5 Å². The largest absolute Gasteiger partial charge is 0.456 e. The summed E-state index contributed by atoms with van der Waals surface area (Å²) in [5.41, 5.74) is 6.59. The van der Waals surface area contributed by atoms with Crippen LogP contribution in [0.4, 0.5) is 0 Å². The third-order valence-corrected chi connectivity index (χ3v) is 12.2. The summed E-state index contributed by atoms with van der Waals surface area (Å²) in [4.78, 5) is 15.9. The summed E-state index contributed by atoms with van der Waals surface area (Å²) in [5.74, 6) is 1.85. The highest BCUT2D eigenvalue weighted by atomic mass is 16.3. The lowest BCUT2D eigenvalue weighted by Gasteiger charge is -2.17. The molecule has 0 atom stereocenters. The Kier molecular flexibility index (Phi) is 6.69. The van der Waals surface area contributed by atoms with Crippen LogP contribution in [0.5, 0.6) is 0 Å². The van der Waals surface area contributed by atoms with E-state index in [1.54, 1.807) is 0 Å². The molecule has 4 heteroatoms. The molecule has 13 rings (SSSR count). The Morgan fingerprint density at radius 3 is 1.47 bits per heavy atom.